The van der Waals surface area contributed by atoms with Crippen molar-refractivity contribution in [3.63, 3.8) is 0 Å². The summed E-state index contributed by atoms with van der Waals surface area (Å²) in [5.41, 5.74) is 3.00. The molecule has 0 saturated heterocycles. The lowest BCUT2D eigenvalue weighted by Gasteiger charge is -2.25. The van der Waals surface area contributed by atoms with Crippen LogP contribution in [0, 0.1) is 6.92 Å². The van der Waals surface area contributed by atoms with E-state index in [-0.39, 0.29) is 17.2 Å². The molecule has 8 nitrogen and oxygen atoms in total. The van der Waals surface area contributed by atoms with Crippen molar-refractivity contribution < 1.29 is 22.7 Å². The number of nitrogens with zero attached hydrogens (tertiary/aromatic N) is 1. The fourth-order valence-electron chi connectivity index (χ4n) is 4.02. The predicted octanol–water partition coefficient (Wildman–Crippen LogP) is 3.19. The van der Waals surface area contributed by atoms with Gasteiger partial charge in [0.25, 0.3) is 10.0 Å². The third kappa shape index (κ3) is 5.63. The average molecular weight is 494 g/mol. The number of nitrogens with one attached hydrogen (secondary N) is 2. The Kier molecular flexibility index (Phi) is 7.07. The number of aryl methyl sites for hydroxylation is 1. The van der Waals surface area contributed by atoms with E-state index in [1.165, 1.54) is 11.0 Å². The number of carbonyl (C=O) groups is 2. The Morgan fingerprint density at radius 2 is 1.74 bits per heavy atom. The second-order valence-electron chi connectivity index (χ2n) is 8.37. The number of sulfonamides is 1. The van der Waals surface area contributed by atoms with Gasteiger partial charge in [-0.1, -0.05) is 48.5 Å². The van der Waals surface area contributed by atoms with Gasteiger partial charge in [-0.15, -0.1) is 0 Å². The van der Waals surface area contributed by atoms with Crippen LogP contribution in [-0.2, 0) is 27.7 Å². The van der Waals surface area contributed by atoms with Crippen molar-refractivity contribution in [1.82, 2.24) is 10.0 Å². The maximum atomic E-state index is 13.5. The summed E-state index contributed by atoms with van der Waals surface area (Å²) in [7, 11) is -2.49. The van der Waals surface area contributed by atoms with Gasteiger partial charge in [-0.05, 0) is 47.9 Å². The molecule has 35 heavy (non-hydrogen) atoms. The SMILES string of the molecule is Cc1ccccc1S(=O)(=O)NC(=O)NC(Cc1ccccc1)C(=O)N(C)c1ccc2c(c1)CCO2. The second kappa shape index (κ2) is 10.2. The number of likely N-dealkylation sites (N-methyl/N-ethyl adjacent to an activating group) is 1. The highest BCUT2D eigenvalue weighted by Gasteiger charge is 2.28. The number of hydrogen-bond acceptors (Lipinski definition) is 5. The summed E-state index contributed by atoms with van der Waals surface area (Å²) in [6.45, 7) is 2.25. The summed E-state index contributed by atoms with van der Waals surface area (Å²) < 4.78 is 33.1. The lowest BCUT2D eigenvalue weighted by Crippen LogP contribution is -2.52. The highest BCUT2D eigenvalue weighted by Crippen LogP contribution is 2.29. The zero-order valence-corrected chi connectivity index (χ0v) is 20.3. The summed E-state index contributed by atoms with van der Waals surface area (Å²) in [6, 6.07) is 19.1. The molecule has 1 aliphatic rings. The van der Waals surface area contributed by atoms with E-state index in [2.05, 4.69) is 5.32 Å². The van der Waals surface area contributed by atoms with Gasteiger partial charge in [0.1, 0.15) is 11.8 Å². The Balaban J connectivity index is 1.55. The third-order valence-electron chi connectivity index (χ3n) is 5.89. The van der Waals surface area contributed by atoms with E-state index in [1.807, 2.05) is 47.2 Å². The van der Waals surface area contributed by atoms with Crippen LogP contribution in [0.2, 0.25) is 0 Å². The first-order chi connectivity index (χ1) is 16.7. The minimum Gasteiger partial charge on any atom is -0.493 e. The van der Waals surface area contributed by atoms with Crippen LogP contribution in [0.4, 0.5) is 10.5 Å². The van der Waals surface area contributed by atoms with Crippen LogP contribution in [0.3, 0.4) is 0 Å². The molecular formula is C26H27N3O5S. The van der Waals surface area contributed by atoms with Crippen LogP contribution in [-0.4, -0.2) is 40.1 Å². The smallest absolute Gasteiger partial charge is 0.329 e. The number of rotatable bonds is 7. The molecule has 1 unspecified atom stereocenters. The Labute approximate surface area is 205 Å². The molecule has 4 rings (SSSR count). The first-order valence-electron chi connectivity index (χ1n) is 11.2. The standard InChI is InChI=1S/C26H27N3O5S/c1-18-8-6-7-11-24(18)35(32,33)28-26(31)27-22(16-19-9-4-3-5-10-19)25(30)29(2)21-12-13-23-20(17-21)14-15-34-23/h3-13,17,22H,14-16H2,1-2H3,(H2,27,28,31). The van der Waals surface area contributed by atoms with Gasteiger partial charge >= 0.3 is 6.03 Å². The number of carbonyl (C=O) groups excluding carboxylic acids is 2. The Morgan fingerprint density at radius 3 is 2.49 bits per heavy atom. The molecule has 0 aromatic heterocycles. The zero-order chi connectivity index (χ0) is 25.0. The van der Waals surface area contributed by atoms with Crippen molar-refractivity contribution in [1.29, 1.82) is 0 Å². The lowest BCUT2D eigenvalue weighted by molar-refractivity contribution is -0.120. The highest BCUT2D eigenvalue weighted by atomic mass is 32.2. The number of benzene rings is 3. The molecule has 0 saturated carbocycles. The fourth-order valence-corrected chi connectivity index (χ4v) is 5.18. The summed E-state index contributed by atoms with van der Waals surface area (Å²) in [4.78, 5) is 27.7. The van der Waals surface area contributed by atoms with E-state index in [0.29, 0.717) is 17.9 Å². The van der Waals surface area contributed by atoms with Crippen LogP contribution in [0.25, 0.3) is 0 Å². The van der Waals surface area contributed by atoms with Crippen molar-refractivity contribution in [3.05, 3.63) is 89.5 Å². The van der Waals surface area contributed by atoms with Crippen molar-refractivity contribution in [2.75, 3.05) is 18.6 Å². The van der Waals surface area contributed by atoms with Crippen LogP contribution >= 0.6 is 0 Å². The lowest BCUT2D eigenvalue weighted by atomic mass is 10.0. The summed E-state index contributed by atoms with van der Waals surface area (Å²) in [6.07, 6.45) is 0.950. The largest absolute Gasteiger partial charge is 0.493 e. The van der Waals surface area contributed by atoms with E-state index >= 15 is 0 Å². The Morgan fingerprint density at radius 1 is 1.03 bits per heavy atom. The number of urea groups is 1. The highest BCUT2D eigenvalue weighted by molar-refractivity contribution is 7.90. The van der Waals surface area contributed by atoms with E-state index < -0.39 is 22.1 Å². The van der Waals surface area contributed by atoms with E-state index in [4.69, 9.17) is 4.74 Å². The number of hydrogen-bond donors (Lipinski definition) is 2. The van der Waals surface area contributed by atoms with Crippen molar-refractivity contribution in [3.8, 4) is 5.75 Å². The van der Waals surface area contributed by atoms with E-state index in [9.17, 15) is 18.0 Å². The van der Waals surface area contributed by atoms with Gasteiger partial charge in [0.05, 0.1) is 11.5 Å². The molecular weight excluding hydrogens is 466 g/mol. The van der Waals surface area contributed by atoms with Crippen LogP contribution in [0.1, 0.15) is 16.7 Å². The molecule has 0 fully saturated rings. The normalized spacial score (nSPS) is 13.3. The Bertz CT molecular complexity index is 1340. The molecule has 0 aliphatic carbocycles. The van der Waals surface area contributed by atoms with Gasteiger partial charge in [0.15, 0.2) is 0 Å². The maximum Gasteiger partial charge on any atom is 0.329 e. The van der Waals surface area contributed by atoms with Crippen molar-refractivity contribution in [2.24, 2.45) is 0 Å². The first kappa shape index (κ1) is 24.3. The van der Waals surface area contributed by atoms with Crippen molar-refractivity contribution in [2.45, 2.75) is 30.7 Å². The fraction of sp³-hybridized carbons (Fsp3) is 0.231. The molecule has 3 aromatic rings. The maximum absolute atomic E-state index is 13.5. The topological polar surface area (TPSA) is 105 Å². The molecule has 3 aromatic carbocycles. The van der Waals surface area contributed by atoms with Gasteiger partial charge in [-0.3, -0.25) is 4.79 Å². The minimum atomic E-state index is -4.11. The van der Waals surface area contributed by atoms with Gasteiger partial charge in [-0.25, -0.2) is 17.9 Å². The second-order valence-corrected chi connectivity index (χ2v) is 10.0. The average Bonchev–Trinajstić information content (AvgIpc) is 3.31. The van der Waals surface area contributed by atoms with E-state index in [1.54, 1.807) is 38.2 Å². The Hall–Kier alpha value is -3.85. The predicted molar refractivity (Wildman–Crippen MR) is 133 cm³/mol. The van der Waals surface area contributed by atoms with Gasteiger partial charge in [0, 0.05) is 25.6 Å². The molecule has 0 spiro atoms. The van der Waals surface area contributed by atoms with Gasteiger partial charge < -0.3 is 15.0 Å². The summed E-state index contributed by atoms with van der Waals surface area (Å²) >= 11 is 0. The summed E-state index contributed by atoms with van der Waals surface area (Å²) in [5, 5.41) is 2.57. The first-order valence-corrected chi connectivity index (χ1v) is 12.7. The third-order valence-corrected chi connectivity index (χ3v) is 7.38. The quantitative estimate of drug-likeness (QED) is 0.526. The van der Waals surface area contributed by atoms with E-state index in [0.717, 1.165) is 23.3 Å². The number of amides is 3. The van der Waals surface area contributed by atoms with Gasteiger partial charge in [-0.2, -0.15) is 0 Å². The molecule has 0 radical (unpaired) electrons. The van der Waals surface area contributed by atoms with Crippen molar-refractivity contribution >= 4 is 27.6 Å². The minimum absolute atomic E-state index is 0.00133. The zero-order valence-electron chi connectivity index (χ0n) is 19.5. The molecule has 3 amide bonds. The molecule has 0 bridgehead atoms. The monoisotopic (exact) mass is 493 g/mol. The number of fused-ring (bicyclic) bond motifs is 1. The molecule has 1 atom stereocenters. The molecule has 1 heterocycles. The summed E-state index contributed by atoms with van der Waals surface area (Å²) in [5.74, 6) is 0.422. The van der Waals surface area contributed by atoms with Crippen LogP contribution in [0.5, 0.6) is 5.75 Å². The number of ether oxygens (including phenoxy) is 1. The molecule has 1 aliphatic heterocycles. The molecule has 9 heteroatoms. The molecule has 2 N–H and O–H groups in total. The van der Waals surface area contributed by atoms with Crippen LogP contribution < -0.4 is 19.7 Å². The van der Waals surface area contributed by atoms with Crippen LogP contribution in [0.15, 0.2) is 77.7 Å². The molecule has 182 valence electrons. The van der Waals surface area contributed by atoms with Gasteiger partial charge in [0.2, 0.25) is 5.91 Å². The number of anilines is 1.